The quantitative estimate of drug-likeness (QED) is 0.829. The fourth-order valence-corrected chi connectivity index (χ4v) is 2.88. The second kappa shape index (κ2) is 5.08. The van der Waals surface area contributed by atoms with E-state index >= 15 is 0 Å². The fourth-order valence-electron chi connectivity index (χ4n) is 2.88. The molecule has 0 amide bonds. The maximum absolute atomic E-state index is 12.1. The number of aromatic nitrogens is 1. The molecule has 1 saturated carbocycles. The van der Waals surface area contributed by atoms with E-state index in [0.29, 0.717) is 11.5 Å². The van der Waals surface area contributed by atoms with Crippen molar-refractivity contribution in [3.63, 3.8) is 0 Å². The van der Waals surface area contributed by atoms with Crippen LogP contribution in [0.3, 0.4) is 0 Å². The molecule has 0 aliphatic heterocycles. The van der Waals surface area contributed by atoms with Gasteiger partial charge >= 0.3 is 5.97 Å². The van der Waals surface area contributed by atoms with E-state index in [4.69, 9.17) is 4.74 Å². The van der Waals surface area contributed by atoms with Crippen LogP contribution < -0.4 is 0 Å². The van der Waals surface area contributed by atoms with E-state index < -0.39 is 0 Å². The molecule has 3 heteroatoms. The van der Waals surface area contributed by atoms with Gasteiger partial charge in [-0.1, -0.05) is 19.4 Å². The summed E-state index contributed by atoms with van der Waals surface area (Å²) in [4.78, 5) is 15.3. The molecule has 1 heterocycles. The Labute approximate surface area is 113 Å². The number of hydrogen-bond acceptors (Lipinski definition) is 2. The van der Waals surface area contributed by atoms with Crippen molar-refractivity contribution in [3.05, 3.63) is 36.0 Å². The highest BCUT2D eigenvalue weighted by molar-refractivity contribution is 5.94. The zero-order valence-corrected chi connectivity index (χ0v) is 11.2. The largest absolute Gasteiger partial charge is 0.459 e. The average Bonchev–Trinajstić information content (AvgIpc) is 2.85. The zero-order chi connectivity index (χ0) is 13.2. The molecule has 1 aromatic heterocycles. The van der Waals surface area contributed by atoms with E-state index in [0.717, 1.165) is 30.2 Å². The monoisotopic (exact) mass is 257 g/mol. The first kappa shape index (κ1) is 12.3. The number of aromatic amines is 1. The van der Waals surface area contributed by atoms with Gasteiger partial charge in [0.15, 0.2) is 0 Å². The Morgan fingerprint density at radius 2 is 2.21 bits per heavy atom. The number of carbonyl (C=O) groups is 1. The summed E-state index contributed by atoms with van der Waals surface area (Å²) in [6.07, 6.45) is 6.38. The predicted molar refractivity (Wildman–Crippen MR) is 75.1 cm³/mol. The van der Waals surface area contributed by atoms with Gasteiger partial charge in [-0.15, -0.1) is 0 Å². The minimum atomic E-state index is -0.199. The van der Waals surface area contributed by atoms with Crippen molar-refractivity contribution in [1.29, 1.82) is 0 Å². The van der Waals surface area contributed by atoms with Crippen molar-refractivity contribution in [1.82, 2.24) is 4.98 Å². The summed E-state index contributed by atoms with van der Waals surface area (Å²) in [5.41, 5.74) is 1.61. The number of ether oxygens (including phenoxy) is 1. The summed E-state index contributed by atoms with van der Waals surface area (Å²) in [6, 6.07) is 7.65. The highest BCUT2D eigenvalue weighted by atomic mass is 16.5. The first-order valence-electron chi connectivity index (χ1n) is 7.00. The Bertz CT molecular complexity index is 587. The highest BCUT2D eigenvalue weighted by Gasteiger charge is 2.22. The molecule has 1 N–H and O–H groups in total. The van der Waals surface area contributed by atoms with Crippen LogP contribution in [0, 0.1) is 5.92 Å². The van der Waals surface area contributed by atoms with Crippen molar-refractivity contribution >= 4 is 16.9 Å². The number of esters is 1. The lowest BCUT2D eigenvalue weighted by molar-refractivity contribution is 0.0155. The molecule has 3 nitrogen and oxygen atoms in total. The van der Waals surface area contributed by atoms with Crippen molar-refractivity contribution in [3.8, 4) is 0 Å². The third-order valence-corrected chi connectivity index (χ3v) is 3.95. The van der Waals surface area contributed by atoms with Crippen LogP contribution in [0.1, 0.15) is 43.0 Å². The van der Waals surface area contributed by atoms with Crippen LogP contribution in [-0.4, -0.2) is 17.1 Å². The predicted octanol–water partition coefficient (Wildman–Crippen LogP) is 3.90. The van der Waals surface area contributed by atoms with Crippen LogP contribution in [-0.2, 0) is 4.74 Å². The summed E-state index contributed by atoms with van der Waals surface area (Å²) >= 11 is 0. The number of nitrogens with one attached hydrogen (secondary N) is 1. The standard InChI is InChI=1S/C16H19NO2/c1-11-3-2-4-14(9-11)19-16(18)13-6-5-12-7-8-17-15(12)10-13/h5-8,10-11,14,17H,2-4,9H2,1H3. The van der Waals surface area contributed by atoms with Crippen LogP contribution in [0.15, 0.2) is 30.5 Å². The summed E-state index contributed by atoms with van der Waals surface area (Å²) < 4.78 is 5.62. The maximum atomic E-state index is 12.1. The lowest BCUT2D eigenvalue weighted by Crippen LogP contribution is -2.24. The van der Waals surface area contributed by atoms with Gasteiger partial charge in [-0.25, -0.2) is 4.79 Å². The molecule has 1 aliphatic carbocycles. The molecule has 1 fully saturated rings. The molecule has 0 radical (unpaired) electrons. The molecule has 0 spiro atoms. The molecular formula is C16H19NO2. The van der Waals surface area contributed by atoms with Gasteiger partial charge in [-0.2, -0.15) is 0 Å². The van der Waals surface area contributed by atoms with Crippen molar-refractivity contribution < 1.29 is 9.53 Å². The zero-order valence-electron chi connectivity index (χ0n) is 11.2. The van der Waals surface area contributed by atoms with Gasteiger partial charge in [0.25, 0.3) is 0 Å². The summed E-state index contributed by atoms with van der Waals surface area (Å²) in [5.74, 6) is 0.466. The van der Waals surface area contributed by atoms with E-state index in [9.17, 15) is 4.79 Å². The number of benzene rings is 1. The van der Waals surface area contributed by atoms with Crippen LogP contribution in [0.2, 0.25) is 0 Å². The van der Waals surface area contributed by atoms with E-state index in [1.165, 1.54) is 6.42 Å². The van der Waals surface area contributed by atoms with Gasteiger partial charge in [0, 0.05) is 11.7 Å². The van der Waals surface area contributed by atoms with E-state index in [-0.39, 0.29) is 12.1 Å². The Balaban J connectivity index is 1.72. The van der Waals surface area contributed by atoms with Crippen LogP contribution in [0.25, 0.3) is 10.9 Å². The SMILES string of the molecule is CC1CCCC(OC(=O)c2ccc3cc[nH]c3c2)C1. The minimum Gasteiger partial charge on any atom is -0.459 e. The van der Waals surface area contributed by atoms with Gasteiger partial charge in [-0.3, -0.25) is 0 Å². The second-order valence-electron chi connectivity index (χ2n) is 5.58. The third kappa shape index (κ3) is 2.65. The molecule has 3 rings (SSSR count). The molecule has 0 bridgehead atoms. The van der Waals surface area contributed by atoms with Gasteiger partial charge < -0.3 is 9.72 Å². The first-order valence-corrected chi connectivity index (χ1v) is 7.00. The highest BCUT2D eigenvalue weighted by Crippen LogP contribution is 2.26. The number of rotatable bonds is 2. The Morgan fingerprint density at radius 3 is 3.05 bits per heavy atom. The number of H-pyrrole nitrogens is 1. The smallest absolute Gasteiger partial charge is 0.338 e. The van der Waals surface area contributed by atoms with Gasteiger partial charge in [0.2, 0.25) is 0 Å². The molecule has 2 aromatic rings. The number of carbonyl (C=O) groups excluding carboxylic acids is 1. The lowest BCUT2D eigenvalue weighted by Gasteiger charge is -2.26. The Kier molecular flexibility index (Phi) is 3.28. The topological polar surface area (TPSA) is 42.1 Å². The Morgan fingerprint density at radius 1 is 1.32 bits per heavy atom. The van der Waals surface area contributed by atoms with Crippen LogP contribution in [0.5, 0.6) is 0 Å². The summed E-state index contributed by atoms with van der Waals surface area (Å²) in [5, 5.41) is 1.11. The van der Waals surface area contributed by atoms with E-state index in [1.54, 1.807) is 0 Å². The summed E-state index contributed by atoms with van der Waals surface area (Å²) in [7, 11) is 0. The normalized spacial score (nSPS) is 23.4. The van der Waals surface area contributed by atoms with Crippen LogP contribution >= 0.6 is 0 Å². The fraction of sp³-hybridized carbons (Fsp3) is 0.438. The molecular weight excluding hydrogens is 238 g/mol. The van der Waals surface area contributed by atoms with Crippen molar-refractivity contribution in [2.24, 2.45) is 5.92 Å². The number of fused-ring (bicyclic) bond motifs is 1. The molecule has 0 saturated heterocycles. The lowest BCUT2D eigenvalue weighted by atomic mass is 9.89. The number of hydrogen-bond donors (Lipinski definition) is 1. The van der Waals surface area contributed by atoms with Gasteiger partial charge in [0.1, 0.15) is 6.10 Å². The van der Waals surface area contributed by atoms with Crippen LogP contribution in [0.4, 0.5) is 0 Å². The summed E-state index contributed by atoms with van der Waals surface area (Å²) in [6.45, 7) is 2.23. The molecule has 2 unspecified atom stereocenters. The average molecular weight is 257 g/mol. The van der Waals surface area contributed by atoms with Gasteiger partial charge in [-0.05, 0) is 48.8 Å². The minimum absolute atomic E-state index is 0.0931. The molecule has 2 atom stereocenters. The Hall–Kier alpha value is -1.77. The third-order valence-electron chi connectivity index (χ3n) is 3.95. The molecule has 100 valence electrons. The molecule has 1 aliphatic rings. The maximum Gasteiger partial charge on any atom is 0.338 e. The van der Waals surface area contributed by atoms with Crippen molar-refractivity contribution in [2.45, 2.75) is 38.7 Å². The van der Waals surface area contributed by atoms with Crippen molar-refractivity contribution in [2.75, 3.05) is 0 Å². The van der Waals surface area contributed by atoms with Gasteiger partial charge in [0.05, 0.1) is 5.56 Å². The van der Waals surface area contributed by atoms with E-state index in [2.05, 4.69) is 11.9 Å². The second-order valence-corrected chi connectivity index (χ2v) is 5.58. The van der Waals surface area contributed by atoms with E-state index in [1.807, 2.05) is 30.5 Å². The molecule has 19 heavy (non-hydrogen) atoms. The first-order chi connectivity index (χ1) is 9.22. The molecule has 1 aromatic carbocycles.